The topological polar surface area (TPSA) is 76.0 Å². The second kappa shape index (κ2) is 10.8. The fraction of sp³-hybridized carbons (Fsp3) is 0.500. The molecule has 0 atom stereocenters. The second-order valence-electron chi connectivity index (χ2n) is 4.04. The molecule has 0 saturated heterocycles. The Balaban J connectivity index is 1.97. The van der Waals surface area contributed by atoms with Crippen LogP contribution in [0.25, 0.3) is 0 Å². The van der Waals surface area contributed by atoms with Crippen LogP contribution in [-0.2, 0) is 14.3 Å². The van der Waals surface area contributed by atoms with Crippen molar-refractivity contribution < 1.29 is 24.5 Å². The third-order valence-corrected chi connectivity index (χ3v) is 4.16. The lowest BCUT2D eigenvalue weighted by Gasteiger charge is -2.07. The summed E-state index contributed by atoms with van der Waals surface area (Å²) in [6, 6.07) is 4.87. The number of hydrogen-bond donors (Lipinski definition) is 2. The Morgan fingerprint density at radius 2 is 1.76 bits per heavy atom. The number of hydrogen-bond acceptors (Lipinski definition) is 7. The van der Waals surface area contributed by atoms with Crippen molar-refractivity contribution >= 4 is 28.6 Å². The summed E-state index contributed by atoms with van der Waals surface area (Å²) in [5.41, 5.74) is 0. The lowest BCUT2D eigenvalue weighted by molar-refractivity contribution is -0.109. The zero-order valence-electron chi connectivity index (χ0n) is 11.9. The molecule has 118 valence electrons. The number of carbonyl (C=O) groups is 1. The molecule has 5 nitrogen and oxygen atoms in total. The highest BCUT2D eigenvalue weighted by atomic mass is 32.2. The number of rotatable bonds is 10. The van der Waals surface area contributed by atoms with Gasteiger partial charge in [-0.15, -0.1) is 11.8 Å². The maximum absolute atomic E-state index is 10.7. The first-order valence-electron chi connectivity index (χ1n) is 6.54. The molecule has 7 heteroatoms. The first kappa shape index (κ1) is 18.2. The van der Waals surface area contributed by atoms with Gasteiger partial charge in [0.25, 0.3) is 0 Å². The standard InChI is InChI=1S/C14H20O5S2/c1-11(15)20-9-7-18-5-6-19-8-10-21-13-4-2-3-12(16)14(13)17/h2-4,16-17H,5-10H2,1H3. The van der Waals surface area contributed by atoms with E-state index in [2.05, 4.69) is 0 Å². The van der Waals surface area contributed by atoms with E-state index in [0.717, 1.165) is 0 Å². The van der Waals surface area contributed by atoms with Gasteiger partial charge < -0.3 is 19.7 Å². The third kappa shape index (κ3) is 8.21. The third-order valence-electron chi connectivity index (χ3n) is 2.37. The Morgan fingerprint density at radius 1 is 1.10 bits per heavy atom. The van der Waals surface area contributed by atoms with Crippen molar-refractivity contribution in [3.63, 3.8) is 0 Å². The lowest BCUT2D eigenvalue weighted by atomic mass is 10.3. The molecule has 0 heterocycles. The first-order valence-corrected chi connectivity index (χ1v) is 8.51. The predicted molar refractivity (Wildman–Crippen MR) is 85.3 cm³/mol. The minimum absolute atomic E-state index is 0.0891. The van der Waals surface area contributed by atoms with Crippen LogP contribution in [0, 0.1) is 0 Å². The van der Waals surface area contributed by atoms with Crippen LogP contribution < -0.4 is 0 Å². The van der Waals surface area contributed by atoms with Gasteiger partial charge in [0.15, 0.2) is 16.6 Å². The fourth-order valence-electron chi connectivity index (χ4n) is 1.40. The molecule has 1 aromatic rings. The van der Waals surface area contributed by atoms with E-state index in [4.69, 9.17) is 9.47 Å². The van der Waals surface area contributed by atoms with E-state index in [0.29, 0.717) is 42.8 Å². The number of phenolic OH excluding ortho intramolecular Hbond substituents is 2. The molecule has 0 aliphatic carbocycles. The number of para-hydroxylation sites is 1. The molecule has 0 amide bonds. The lowest BCUT2D eigenvalue weighted by Crippen LogP contribution is -2.08. The van der Waals surface area contributed by atoms with Crippen molar-refractivity contribution in [3.8, 4) is 11.5 Å². The molecule has 1 rings (SSSR count). The normalized spacial score (nSPS) is 10.7. The molecule has 0 aromatic heterocycles. The van der Waals surface area contributed by atoms with Crippen LogP contribution in [0.1, 0.15) is 6.92 Å². The van der Waals surface area contributed by atoms with Gasteiger partial charge in [-0.3, -0.25) is 4.79 Å². The second-order valence-corrected chi connectivity index (χ2v) is 6.45. The molecular weight excluding hydrogens is 312 g/mol. The fourth-order valence-corrected chi connectivity index (χ4v) is 2.73. The van der Waals surface area contributed by atoms with Gasteiger partial charge in [-0.1, -0.05) is 17.8 Å². The summed E-state index contributed by atoms with van der Waals surface area (Å²) in [4.78, 5) is 11.3. The minimum atomic E-state index is -0.113. The van der Waals surface area contributed by atoms with Gasteiger partial charge in [0.1, 0.15) is 0 Å². The van der Waals surface area contributed by atoms with Crippen molar-refractivity contribution in [2.24, 2.45) is 0 Å². The maximum Gasteiger partial charge on any atom is 0.185 e. The number of phenols is 2. The Labute approximate surface area is 133 Å². The highest BCUT2D eigenvalue weighted by Gasteiger charge is 2.05. The molecule has 0 saturated carbocycles. The van der Waals surface area contributed by atoms with Crippen LogP contribution in [0.3, 0.4) is 0 Å². The van der Waals surface area contributed by atoms with E-state index in [1.165, 1.54) is 36.5 Å². The molecule has 0 aliphatic rings. The molecule has 21 heavy (non-hydrogen) atoms. The Kier molecular flexibility index (Phi) is 9.32. The summed E-state index contributed by atoms with van der Waals surface area (Å²) in [6.07, 6.45) is 0. The molecule has 2 N–H and O–H groups in total. The zero-order valence-corrected chi connectivity index (χ0v) is 13.5. The number of thioether (sulfide) groups is 2. The van der Waals surface area contributed by atoms with E-state index in [1.54, 1.807) is 12.1 Å². The van der Waals surface area contributed by atoms with Gasteiger partial charge in [0.05, 0.1) is 31.3 Å². The highest BCUT2D eigenvalue weighted by molar-refractivity contribution is 8.13. The van der Waals surface area contributed by atoms with E-state index < -0.39 is 0 Å². The summed E-state index contributed by atoms with van der Waals surface area (Å²) in [6.45, 7) is 3.61. The maximum atomic E-state index is 10.7. The average molecular weight is 332 g/mol. The van der Waals surface area contributed by atoms with Crippen LogP contribution >= 0.6 is 23.5 Å². The molecule has 0 unspecified atom stereocenters. The van der Waals surface area contributed by atoms with E-state index >= 15 is 0 Å². The van der Waals surface area contributed by atoms with Gasteiger partial charge in [0.2, 0.25) is 0 Å². The number of benzene rings is 1. The summed E-state index contributed by atoms with van der Waals surface area (Å²) in [7, 11) is 0. The van der Waals surface area contributed by atoms with Crippen molar-refractivity contribution in [3.05, 3.63) is 18.2 Å². The Bertz CT molecular complexity index is 439. The molecule has 0 fully saturated rings. The smallest absolute Gasteiger partial charge is 0.185 e. The highest BCUT2D eigenvalue weighted by Crippen LogP contribution is 2.35. The quantitative estimate of drug-likeness (QED) is 0.387. The first-order chi connectivity index (χ1) is 10.1. The van der Waals surface area contributed by atoms with Crippen LogP contribution in [-0.4, -0.2) is 53.3 Å². The summed E-state index contributed by atoms with van der Waals surface area (Å²) < 4.78 is 10.7. The Morgan fingerprint density at radius 3 is 2.43 bits per heavy atom. The van der Waals surface area contributed by atoms with Crippen LogP contribution in [0.2, 0.25) is 0 Å². The van der Waals surface area contributed by atoms with Gasteiger partial charge in [0, 0.05) is 18.4 Å². The Hall–Kier alpha value is -0.890. The SMILES string of the molecule is CC(=O)SCCOCCOCCSc1cccc(O)c1O. The predicted octanol–water partition coefficient (Wildman–Crippen LogP) is 2.50. The number of aromatic hydroxyl groups is 2. The molecule has 0 bridgehead atoms. The number of ether oxygens (including phenoxy) is 2. The molecular formula is C14H20O5S2. The van der Waals surface area contributed by atoms with Gasteiger partial charge in [-0.25, -0.2) is 0 Å². The summed E-state index contributed by atoms with van der Waals surface area (Å²) in [5, 5.41) is 19.0. The molecule has 1 aromatic carbocycles. The van der Waals surface area contributed by atoms with Crippen molar-refractivity contribution in [1.29, 1.82) is 0 Å². The van der Waals surface area contributed by atoms with Crippen LogP contribution in [0.5, 0.6) is 11.5 Å². The van der Waals surface area contributed by atoms with Crippen molar-refractivity contribution in [2.75, 3.05) is 37.9 Å². The van der Waals surface area contributed by atoms with Gasteiger partial charge in [-0.05, 0) is 12.1 Å². The van der Waals surface area contributed by atoms with E-state index in [9.17, 15) is 15.0 Å². The van der Waals surface area contributed by atoms with Crippen LogP contribution in [0.4, 0.5) is 0 Å². The number of carbonyl (C=O) groups excluding carboxylic acids is 1. The minimum Gasteiger partial charge on any atom is -0.504 e. The summed E-state index contributed by atoms with van der Waals surface area (Å²) in [5.74, 6) is 1.14. The average Bonchev–Trinajstić information content (AvgIpc) is 2.45. The van der Waals surface area contributed by atoms with E-state index in [1.807, 2.05) is 0 Å². The largest absolute Gasteiger partial charge is 0.504 e. The van der Waals surface area contributed by atoms with Crippen molar-refractivity contribution in [2.45, 2.75) is 11.8 Å². The van der Waals surface area contributed by atoms with Crippen LogP contribution in [0.15, 0.2) is 23.1 Å². The van der Waals surface area contributed by atoms with Gasteiger partial charge in [-0.2, -0.15) is 0 Å². The summed E-state index contributed by atoms with van der Waals surface area (Å²) >= 11 is 2.67. The van der Waals surface area contributed by atoms with Gasteiger partial charge >= 0.3 is 0 Å². The molecule has 0 aliphatic heterocycles. The van der Waals surface area contributed by atoms with E-state index in [-0.39, 0.29) is 16.6 Å². The zero-order chi connectivity index (χ0) is 15.5. The monoisotopic (exact) mass is 332 g/mol. The molecule has 0 spiro atoms. The van der Waals surface area contributed by atoms with Crippen molar-refractivity contribution in [1.82, 2.24) is 0 Å². The molecule has 0 radical (unpaired) electrons.